The fourth-order valence-corrected chi connectivity index (χ4v) is 5.33. The Hall–Kier alpha value is -1.46. The van der Waals surface area contributed by atoms with Gasteiger partial charge in [0.25, 0.3) is 0 Å². The number of rotatable bonds is 8. The molecule has 0 bridgehead atoms. The first-order chi connectivity index (χ1) is 9.89. The van der Waals surface area contributed by atoms with E-state index in [0.717, 1.165) is 27.7 Å². The Labute approximate surface area is 128 Å². The Balaban J connectivity index is 6.27. The number of aliphatic hydroxyl groups is 4. The van der Waals surface area contributed by atoms with E-state index in [1.165, 1.54) is 0 Å². The second-order valence-electron chi connectivity index (χ2n) is 5.04. The van der Waals surface area contributed by atoms with Crippen LogP contribution in [0.5, 0.6) is 0 Å². The van der Waals surface area contributed by atoms with Gasteiger partial charge in [0.1, 0.15) is 24.4 Å². The van der Waals surface area contributed by atoms with E-state index in [0.29, 0.717) is 0 Å². The van der Waals surface area contributed by atoms with Crippen molar-refractivity contribution in [2.75, 3.05) is 0 Å². The van der Waals surface area contributed by atoms with E-state index in [2.05, 4.69) is 0 Å². The molecule has 0 aromatic rings. The zero-order chi connectivity index (χ0) is 17.8. The van der Waals surface area contributed by atoms with E-state index >= 15 is 0 Å². The minimum absolute atomic E-state index is 0.989. The van der Waals surface area contributed by atoms with Gasteiger partial charge in [-0.2, -0.15) is 0 Å². The Morgan fingerprint density at radius 1 is 0.682 bits per heavy atom. The van der Waals surface area contributed by atoms with Crippen LogP contribution >= 0.6 is 0 Å². The van der Waals surface area contributed by atoms with Gasteiger partial charge < -0.3 is 25.4 Å². The van der Waals surface area contributed by atoms with E-state index in [9.17, 15) is 39.6 Å². The van der Waals surface area contributed by atoms with Crippen molar-refractivity contribution in [3.8, 4) is 0 Å². The third-order valence-corrected chi connectivity index (χ3v) is 7.03. The van der Waals surface area contributed by atoms with Crippen LogP contribution in [0.4, 0.5) is 0 Å². The molecule has 0 aliphatic carbocycles. The zero-order valence-electron chi connectivity index (χ0n) is 12.7. The highest BCUT2D eigenvalue weighted by molar-refractivity contribution is 7.40. The van der Waals surface area contributed by atoms with E-state index < -0.39 is 54.8 Å². The quantitative estimate of drug-likeness (QED) is 0.291. The first-order valence-corrected chi connectivity index (χ1v) is 8.56. The lowest BCUT2D eigenvalue weighted by Gasteiger charge is -2.31. The van der Waals surface area contributed by atoms with Crippen molar-refractivity contribution in [3.05, 3.63) is 0 Å². The van der Waals surface area contributed by atoms with Crippen molar-refractivity contribution in [1.82, 2.24) is 4.98 Å². The fourth-order valence-electron chi connectivity index (χ4n) is 1.78. The predicted octanol–water partition coefficient (Wildman–Crippen LogP) is -3.10. The summed E-state index contributed by atoms with van der Waals surface area (Å²) in [6, 6.07) is 0. The Bertz CT molecular complexity index is 421. The van der Waals surface area contributed by atoms with Crippen LogP contribution in [0.3, 0.4) is 0 Å². The number of hydrogen-bond donors (Lipinski definition) is 5. The summed E-state index contributed by atoms with van der Waals surface area (Å²) in [5.41, 5.74) is 0. The second kappa shape index (κ2) is 7.69. The van der Waals surface area contributed by atoms with Gasteiger partial charge in [0, 0.05) is 0 Å². The molecule has 0 heterocycles. The van der Waals surface area contributed by atoms with Crippen LogP contribution in [0.1, 0.15) is 27.7 Å². The monoisotopic (exact) mass is 335 g/mol. The maximum absolute atomic E-state index is 12.3. The minimum Gasteiger partial charge on any atom is -0.386 e. The summed E-state index contributed by atoms with van der Waals surface area (Å²) in [6.45, 7) is 4.01. The number of hydrogen-bond acceptors (Lipinski definition) is 8. The lowest BCUT2D eigenvalue weighted by Crippen LogP contribution is -2.77. The zero-order valence-corrected chi connectivity index (χ0v) is 13.7. The molecule has 0 fully saturated rings. The minimum atomic E-state index is -4.85. The van der Waals surface area contributed by atoms with Crippen molar-refractivity contribution in [2.24, 2.45) is 0 Å². The molecule has 0 saturated carbocycles. The molecular formula is C12H21NO8Si. The molecule has 0 radical (unpaired) electrons. The van der Waals surface area contributed by atoms with Gasteiger partial charge in [0.2, 0.25) is 5.91 Å². The standard InChI is InChI=1S/C12H21NO8Si/c1-5(14)9(18)13-22(10(19)6(2)15,11(20)7(3)16)12(21)8(4)17/h5-8,14-17H,1-4H3,(H,13,18). The van der Waals surface area contributed by atoms with Crippen molar-refractivity contribution in [2.45, 2.75) is 52.1 Å². The fraction of sp³-hybridized carbons (Fsp3) is 0.667. The lowest BCUT2D eigenvalue weighted by molar-refractivity contribution is -0.132. The van der Waals surface area contributed by atoms with E-state index in [1.54, 1.807) is 0 Å². The van der Waals surface area contributed by atoms with Crippen LogP contribution < -0.4 is 4.98 Å². The molecule has 0 spiro atoms. The van der Waals surface area contributed by atoms with Crippen molar-refractivity contribution >= 4 is 30.4 Å². The van der Waals surface area contributed by atoms with Crippen LogP contribution in [0.25, 0.3) is 0 Å². The topological polar surface area (TPSA) is 161 Å². The van der Waals surface area contributed by atoms with Gasteiger partial charge in [-0.1, -0.05) is 0 Å². The van der Waals surface area contributed by atoms with E-state index in [1.807, 2.05) is 4.98 Å². The molecule has 0 rings (SSSR count). The molecule has 5 N–H and O–H groups in total. The van der Waals surface area contributed by atoms with Gasteiger partial charge >= 0.3 is 8.24 Å². The van der Waals surface area contributed by atoms with Gasteiger partial charge in [-0.3, -0.25) is 19.2 Å². The SMILES string of the molecule is CC(O)C(=O)N[Si](C(=O)C(C)O)(C(=O)C(C)O)C(=O)C(C)O. The molecule has 126 valence electrons. The normalized spacial score (nSPS) is 19.3. The van der Waals surface area contributed by atoms with Gasteiger partial charge in [0.15, 0.2) is 16.2 Å². The average Bonchev–Trinajstić information content (AvgIpc) is 2.41. The summed E-state index contributed by atoms with van der Waals surface area (Å²) in [6.07, 6.45) is -7.00. The predicted molar refractivity (Wildman–Crippen MR) is 75.6 cm³/mol. The number of aliphatic hydroxyl groups excluding tert-OH is 4. The summed E-state index contributed by atoms with van der Waals surface area (Å²) in [4.78, 5) is 50.4. The highest BCUT2D eigenvalue weighted by Gasteiger charge is 2.61. The Kier molecular flexibility index (Phi) is 7.18. The first kappa shape index (κ1) is 20.5. The number of carbonyl (C=O) groups is 4. The van der Waals surface area contributed by atoms with Crippen LogP contribution in [0.15, 0.2) is 0 Å². The van der Waals surface area contributed by atoms with Crippen LogP contribution in [0, 0.1) is 0 Å². The van der Waals surface area contributed by atoms with E-state index in [-0.39, 0.29) is 0 Å². The molecule has 0 aliphatic heterocycles. The molecule has 0 aromatic heterocycles. The summed E-state index contributed by atoms with van der Waals surface area (Å²) in [5.74, 6) is -1.19. The molecule has 9 nitrogen and oxygen atoms in total. The van der Waals surface area contributed by atoms with Gasteiger partial charge in [0.05, 0.1) is 0 Å². The highest BCUT2D eigenvalue weighted by Crippen LogP contribution is 2.13. The summed E-state index contributed by atoms with van der Waals surface area (Å²) >= 11 is 0. The van der Waals surface area contributed by atoms with Crippen LogP contribution in [-0.4, -0.2) is 75.2 Å². The largest absolute Gasteiger partial charge is 0.386 e. The van der Waals surface area contributed by atoms with Gasteiger partial charge in [-0.05, 0) is 27.7 Å². The van der Waals surface area contributed by atoms with Crippen molar-refractivity contribution < 1.29 is 39.6 Å². The van der Waals surface area contributed by atoms with E-state index in [4.69, 9.17) is 0 Å². The molecule has 10 heteroatoms. The van der Waals surface area contributed by atoms with Crippen LogP contribution in [0.2, 0.25) is 0 Å². The van der Waals surface area contributed by atoms with Gasteiger partial charge in [-0.25, -0.2) is 0 Å². The second-order valence-corrected chi connectivity index (χ2v) is 8.26. The van der Waals surface area contributed by atoms with Gasteiger partial charge in [-0.15, -0.1) is 0 Å². The highest BCUT2D eigenvalue weighted by atomic mass is 28.3. The molecule has 4 unspecified atom stereocenters. The summed E-state index contributed by atoms with van der Waals surface area (Å²) in [5, 5.41) is 33.8. The Morgan fingerprint density at radius 2 is 0.955 bits per heavy atom. The smallest absolute Gasteiger partial charge is 0.381 e. The third kappa shape index (κ3) is 4.05. The Morgan fingerprint density at radius 3 is 1.14 bits per heavy atom. The lowest BCUT2D eigenvalue weighted by atomic mass is 10.4. The molecule has 4 atom stereocenters. The average molecular weight is 335 g/mol. The van der Waals surface area contributed by atoms with Crippen LogP contribution in [-0.2, 0) is 19.2 Å². The van der Waals surface area contributed by atoms with Crippen molar-refractivity contribution in [3.63, 3.8) is 0 Å². The maximum Gasteiger partial charge on any atom is 0.381 e. The molecule has 0 aromatic carbocycles. The number of carbonyl (C=O) groups excluding carboxylic acids is 4. The molecule has 1 amide bonds. The number of nitrogens with one attached hydrogen (secondary N) is 1. The first-order valence-electron chi connectivity index (χ1n) is 6.56. The number of amides is 1. The van der Waals surface area contributed by atoms with Crippen molar-refractivity contribution in [1.29, 1.82) is 0 Å². The summed E-state index contributed by atoms with van der Waals surface area (Å²) in [7, 11) is -4.85. The molecule has 0 saturated heterocycles. The molecule has 22 heavy (non-hydrogen) atoms. The summed E-state index contributed by atoms with van der Waals surface area (Å²) < 4.78 is 0. The molecular weight excluding hydrogens is 314 g/mol. The maximum atomic E-state index is 12.3. The third-order valence-electron chi connectivity index (χ3n) is 2.94. The molecule has 0 aliphatic rings.